The van der Waals surface area contributed by atoms with Crippen LogP contribution in [0.4, 0.5) is 0 Å². The summed E-state index contributed by atoms with van der Waals surface area (Å²) in [6.45, 7) is 26.9. The topological polar surface area (TPSA) is 277 Å². The Labute approximate surface area is 462 Å². The fraction of sp³-hybridized carbons (Fsp3) is 0.782. The molecule has 0 aliphatic carbocycles. The maximum atomic E-state index is 14.4. The number of esters is 5. The van der Waals surface area contributed by atoms with Crippen molar-refractivity contribution in [3.8, 4) is 0 Å². The third-order valence-electron chi connectivity index (χ3n) is 11.6. The number of carboxylic acid groups (broad SMARTS) is 1. The maximum Gasteiger partial charge on any atom is 0.329 e. The van der Waals surface area contributed by atoms with Crippen molar-refractivity contribution in [1.29, 1.82) is 0 Å². The first kappa shape index (κ1) is 68.6. The number of unbranched alkanes of at least 4 members (excludes halogenated alkanes) is 1. The number of nitrogens with one attached hydrogen (secondary N) is 2. The molecule has 2 unspecified atom stereocenters. The van der Waals surface area contributed by atoms with E-state index in [0.29, 0.717) is 12.8 Å². The summed E-state index contributed by atoms with van der Waals surface area (Å²) in [4.78, 5) is 139. The molecule has 3 atom stereocenters. The van der Waals surface area contributed by atoms with Gasteiger partial charge in [0, 0.05) is 96.9 Å². The van der Waals surface area contributed by atoms with Crippen molar-refractivity contribution in [2.75, 3.05) is 78.5 Å². The number of hydrogen-bond donors (Lipinski definition) is 3. The average Bonchev–Trinajstić information content (AvgIpc) is 3.57. The molecular formula is C55H93N7O16. The Balaban J connectivity index is 2.53. The smallest absolute Gasteiger partial charge is 0.329 e. The van der Waals surface area contributed by atoms with Crippen molar-refractivity contribution in [2.24, 2.45) is 0 Å². The van der Waals surface area contributed by atoms with Crippen LogP contribution in [0.25, 0.3) is 0 Å². The number of hydrogen-bond acceptors (Lipinski definition) is 19. The van der Waals surface area contributed by atoms with E-state index < -0.39 is 99.7 Å². The second-order valence-corrected chi connectivity index (χ2v) is 24.8. The van der Waals surface area contributed by atoms with Crippen molar-refractivity contribution < 1.29 is 76.7 Å². The van der Waals surface area contributed by atoms with Gasteiger partial charge in [-0.05, 0) is 136 Å². The fourth-order valence-electron chi connectivity index (χ4n) is 8.29. The van der Waals surface area contributed by atoms with E-state index in [4.69, 9.17) is 23.7 Å². The first-order valence-corrected chi connectivity index (χ1v) is 27.2. The van der Waals surface area contributed by atoms with Crippen LogP contribution in [0.5, 0.6) is 0 Å². The lowest BCUT2D eigenvalue weighted by molar-refractivity contribution is -0.164. The highest BCUT2D eigenvalue weighted by Gasteiger charge is 2.36. The monoisotopic (exact) mass is 1110 g/mol. The second kappa shape index (κ2) is 30.7. The van der Waals surface area contributed by atoms with Crippen molar-refractivity contribution in [2.45, 2.75) is 201 Å². The highest BCUT2D eigenvalue weighted by Crippen LogP contribution is 2.21. The standard InChI is InChI=1S/C55H93N7O16/c1-51(2,3)74-46(69)36-58-28-32-60(33-29-59(37-47(70)75-52(4,5)6)31-35-61(34-30-58)40(20-24-45(67)68)50(73)78-55(13,14)15)39(49(72)77-54(10,11)12)19-21-42(64)57-38(48(71)76-53(7,8)9)18-16-17-26-56-41(63)25-27-62-43(65)22-23-44(62)66/h22-23,38-40H,16-21,24-37H2,1-15H3,(H,56,63)(H,57,64)(H,67,68)/t38-,39?,40?/m0/s1. The first-order valence-electron chi connectivity index (χ1n) is 27.2. The van der Waals surface area contributed by atoms with Gasteiger partial charge in [-0.2, -0.15) is 0 Å². The average molecular weight is 1110 g/mol. The zero-order valence-corrected chi connectivity index (χ0v) is 49.3. The van der Waals surface area contributed by atoms with E-state index in [1.54, 1.807) is 104 Å². The van der Waals surface area contributed by atoms with Crippen molar-refractivity contribution in [3.63, 3.8) is 0 Å². The van der Waals surface area contributed by atoms with Crippen LogP contribution in [0, 0.1) is 0 Å². The molecule has 1 fully saturated rings. The largest absolute Gasteiger partial charge is 0.481 e. The molecule has 23 nitrogen and oxygen atoms in total. The molecule has 2 aliphatic rings. The molecule has 23 heteroatoms. The van der Waals surface area contributed by atoms with Crippen LogP contribution >= 0.6 is 0 Å². The zero-order chi connectivity index (χ0) is 59.4. The first-order chi connectivity index (χ1) is 35.8. The molecule has 78 heavy (non-hydrogen) atoms. The van der Waals surface area contributed by atoms with E-state index in [2.05, 4.69) is 10.6 Å². The van der Waals surface area contributed by atoms with Crippen LogP contribution < -0.4 is 10.6 Å². The summed E-state index contributed by atoms with van der Waals surface area (Å²) in [5.74, 6) is -5.97. The van der Waals surface area contributed by atoms with Gasteiger partial charge >= 0.3 is 35.8 Å². The highest BCUT2D eigenvalue weighted by molar-refractivity contribution is 6.13. The number of amides is 4. The van der Waals surface area contributed by atoms with Crippen LogP contribution in [-0.2, 0) is 71.6 Å². The number of ether oxygens (including phenoxy) is 5. The van der Waals surface area contributed by atoms with Gasteiger partial charge in [0.05, 0.1) is 13.1 Å². The molecule has 0 aromatic rings. The number of nitrogens with zero attached hydrogens (tertiary/aromatic N) is 5. The second-order valence-electron chi connectivity index (χ2n) is 24.8. The van der Waals surface area contributed by atoms with Gasteiger partial charge in [-0.15, -0.1) is 0 Å². The van der Waals surface area contributed by atoms with Gasteiger partial charge in [0.2, 0.25) is 11.8 Å². The maximum absolute atomic E-state index is 14.4. The lowest BCUT2D eigenvalue weighted by Gasteiger charge is -2.38. The van der Waals surface area contributed by atoms with E-state index >= 15 is 0 Å². The minimum atomic E-state index is -1.10. The number of aliphatic carboxylic acids is 1. The molecule has 0 spiro atoms. The summed E-state index contributed by atoms with van der Waals surface area (Å²) in [6, 6.07) is -3.15. The van der Waals surface area contributed by atoms with Gasteiger partial charge in [-0.1, -0.05) is 0 Å². The number of carbonyl (C=O) groups excluding carboxylic acids is 9. The van der Waals surface area contributed by atoms with E-state index in [-0.39, 0.29) is 123 Å². The van der Waals surface area contributed by atoms with Gasteiger partial charge < -0.3 is 39.4 Å². The van der Waals surface area contributed by atoms with Crippen molar-refractivity contribution >= 4 is 59.4 Å². The van der Waals surface area contributed by atoms with Crippen LogP contribution in [0.1, 0.15) is 155 Å². The summed E-state index contributed by atoms with van der Waals surface area (Å²) in [6.07, 6.45) is 2.43. The quantitative estimate of drug-likeness (QED) is 0.0541. The normalized spacial score (nSPS) is 17.4. The Morgan fingerprint density at radius 1 is 0.500 bits per heavy atom. The van der Waals surface area contributed by atoms with Gasteiger partial charge in [0.1, 0.15) is 46.1 Å². The molecule has 0 aromatic heterocycles. The molecule has 4 amide bonds. The molecule has 1 saturated heterocycles. The summed E-state index contributed by atoms with van der Waals surface area (Å²) in [5, 5.41) is 15.3. The Bertz CT molecular complexity index is 2030. The number of rotatable bonds is 24. The molecule has 0 radical (unpaired) electrons. The van der Waals surface area contributed by atoms with E-state index in [9.17, 15) is 53.1 Å². The lowest BCUT2D eigenvalue weighted by atomic mass is 10.1. The van der Waals surface area contributed by atoms with Gasteiger partial charge in [-0.3, -0.25) is 67.7 Å². The molecule has 2 rings (SSSR count). The summed E-state index contributed by atoms with van der Waals surface area (Å²) < 4.78 is 28.9. The minimum Gasteiger partial charge on any atom is -0.481 e. The Morgan fingerprint density at radius 3 is 1.27 bits per heavy atom. The Hall–Kier alpha value is -5.52. The Morgan fingerprint density at radius 2 is 0.885 bits per heavy atom. The third-order valence-corrected chi connectivity index (χ3v) is 11.6. The molecule has 2 aliphatic heterocycles. The van der Waals surface area contributed by atoms with E-state index in [0.717, 1.165) is 17.1 Å². The zero-order valence-electron chi connectivity index (χ0n) is 49.3. The molecular weight excluding hydrogens is 1010 g/mol. The molecule has 0 aromatic carbocycles. The third kappa shape index (κ3) is 29.5. The van der Waals surface area contributed by atoms with Crippen LogP contribution in [-0.4, -0.2) is 214 Å². The molecule has 3 N–H and O–H groups in total. The van der Waals surface area contributed by atoms with E-state index in [1.807, 2.05) is 19.6 Å². The fourth-order valence-corrected chi connectivity index (χ4v) is 8.29. The van der Waals surface area contributed by atoms with Crippen LogP contribution in [0.15, 0.2) is 12.2 Å². The highest BCUT2D eigenvalue weighted by atomic mass is 16.6. The van der Waals surface area contributed by atoms with Crippen molar-refractivity contribution in [3.05, 3.63) is 12.2 Å². The minimum absolute atomic E-state index is 0.0639. The summed E-state index contributed by atoms with van der Waals surface area (Å²) in [7, 11) is 0. The predicted octanol–water partition coefficient (Wildman–Crippen LogP) is 3.39. The van der Waals surface area contributed by atoms with E-state index in [1.165, 1.54) is 0 Å². The predicted molar refractivity (Wildman–Crippen MR) is 288 cm³/mol. The number of imide groups is 1. The molecule has 0 saturated carbocycles. The summed E-state index contributed by atoms with van der Waals surface area (Å²) >= 11 is 0. The SMILES string of the molecule is CC(C)(C)OC(=O)CN1CCN(C(CCC(=O)O)C(=O)OC(C)(C)C)CCN(CC(=O)OC(C)(C)C)CCN(C(CCC(=O)N[C@@H](CCCCNC(=O)CCN2C(=O)C=CC2=O)C(=O)OC(C)(C)C)C(=O)OC(C)(C)C)CC1. The molecule has 0 bridgehead atoms. The van der Waals surface area contributed by atoms with Crippen LogP contribution in [0.3, 0.4) is 0 Å². The molecule has 2 heterocycles. The van der Waals surface area contributed by atoms with Crippen LogP contribution in [0.2, 0.25) is 0 Å². The number of carboxylic acids is 1. The van der Waals surface area contributed by atoms with Crippen molar-refractivity contribution in [1.82, 2.24) is 35.1 Å². The number of carbonyl (C=O) groups is 10. The van der Waals surface area contributed by atoms with Gasteiger partial charge in [0.25, 0.3) is 11.8 Å². The lowest BCUT2D eigenvalue weighted by Crippen LogP contribution is -2.54. The summed E-state index contributed by atoms with van der Waals surface area (Å²) in [5.41, 5.74) is -4.37. The van der Waals surface area contributed by atoms with Gasteiger partial charge in [0.15, 0.2) is 0 Å². The molecule has 444 valence electrons. The van der Waals surface area contributed by atoms with Gasteiger partial charge in [-0.25, -0.2) is 4.79 Å². The Kier molecular flexibility index (Phi) is 27.0.